The fourth-order valence-electron chi connectivity index (χ4n) is 0.578. The van der Waals surface area contributed by atoms with Crippen LogP contribution < -0.4 is 10.6 Å². The molecule has 0 spiro atoms. The highest BCUT2D eigenvalue weighted by Gasteiger charge is 2.21. The molecule has 4 nitrogen and oxygen atoms in total. The molecular formula is C12H14F4I2N2O2. The summed E-state index contributed by atoms with van der Waals surface area (Å²) in [6, 6.07) is 0. The molecule has 10 heteroatoms. The van der Waals surface area contributed by atoms with Crippen LogP contribution in [0.25, 0.3) is 0 Å². The van der Waals surface area contributed by atoms with E-state index in [4.69, 9.17) is 0 Å². The summed E-state index contributed by atoms with van der Waals surface area (Å²) < 4.78 is 49.2. The largest absolute Gasteiger partial charge is 0.359 e. The van der Waals surface area contributed by atoms with Gasteiger partial charge in [-0.3, -0.25) is 9.59 Å². The van der Waals surface area contributed by atoms with E-state index in [1.165, 1.54) is 59.0 Å². The molecular weight excluding hydrogens is 534 g/mol. The van der Waals surface area contributed by atoms with E-state index in [1.54, 1.807) is 14.1 Å². The quantitative estimate of drug-likeness (QED) is 0.227. The molecule has 0 radical (unpaired) electrons. The number of rotatable bonds is 0. The summed E-state index contributed by atoms with van der Waals surface area (Å²) in [6.45, 7) is 2.94. The lowest BCUT2D eigenvalue weighted by Crippen LogP contribution is -2.11. The second-order valence-electron chi connectivity index (χ2n) is 3.50. The van der Waals surface area contributed by atoms with Gasteiger partial charge in [-0.1, -0.05) is 0 Å². The van der Waals surface area contributed by atoms with Gasteiger partial charge in [0.1, 0.15) is 0 Å². The minimum Gasteiger partial charge on any atom is -0.359 e. The van der Waals surface area contributed by atoms with E-state index in [1.807, 2.05) is 0 Å². The molecule has 0 aromatic heterocycles. The van der Waals surface area contributed by atoms with E-state index in [0.717, 1.165) is 0 Å². The molecule has 0 bridgehead atoms. The molecule has 22 heavy (non-hydrogen) atoms. The third-order valence-electron chi connectivity index (χ3n) is 1.86. The van der Waals surface area contributed by atoms with Crippen molar-refractivity contribution in [1.82, 2.24) is 10.6 Å². The highest BCUT2D eigenvalue weighted by atomic mass is 127. The molecule has 0 atom stereocenters. The van der Waals surface area contributed by atoms with Crippen molar-refractivity contribution < 1.29 is 27.2 Å². The first kappa shape index (κ1) is 23.6. The number of halogens is 6. The van der Waals surface area contributed by atoms with E-state index in [2.05, 4.69) is 10.6 Å². The SMILES string of the molecule is CNC(C)=O.CNC(C)=O.Fc1c(F)c(I)c(F)c(F)c1I. The number of amides is 2. The molecule has 0 unspecified atom stereocenters. The summed E-state index contributed by atoms with van der Waals surface area (Å²) in [4.78, 5) is 19.4. The van der Waals surface area contributed by atoms with Gasteiger partial charge >= 0.3 is 0 Å². The van der Waals surface area contributed by atoms with E-state index in [-0.39, 0.29) is 11.8 Å². The smallest absolute Gasteiger partial charge is 0.216 e. The zero-order valence-electron chi connectivity index (χ0n) is 12.1. The van der Waals surface area contributed by atoms with E-state index in [9.17, 15) is 27.2 Å². The molecule has 0 heterocycles. The van der Waals surface area contributed by atoms with Gasteiger partial charge in [0.05, 0.1) is 7.14 Å². The van der Waals surface area contributed by atoms with Gasteiger partial charge in [-0.15, -0.1) is 0 Å². The summed E-state index contributed by atoms with van der Waals surface area (Å²) in [5.74, 6) is -5.38. The van der Waals surface area contributed by atoms with Crippen LogP contribution in [-0.4, -0.2) is 25.9 Å². The highest BCUT2D eigenvalue weighted by Crippen LogP contribution is 2.25. The van der Waals surface area contributed by atoms with Gasteiger partial charge in [0.25, 0.3) is 0 Å². The van der Waals surface area contributed by atoms with Crippen LogP contribution in [0.2, 0.25) is 0 Å². The van der Waals surface area contributed by atoms with Gasteiger partial charge in [-0.2, -0.15) is 0 Å². The molecule has 0 fully saturated rings. The summed E-state index contributed by atoms with van der Waals surface area (Å²) in [5.41, 5.74) is 0. The maximum absolute atomic E-state index is 12.6. The minimum absolute atomic E-state index is 0.00463. The van der Waals surface area contributed by atoms with Gasteiger partial charge in [0, 0.05) is 27.9 Å². The first-order valence-electron chi connectivity index (χ1n) is 5.54. The maximum Gasteiger partial charge on any atom is 0.216 e. The molecule has 1 aromatic rings. The number of hydrogen-bond acceptors (Lipinski definition) is 2. The minimum atomic E-state index is -1.35. The van der Waals surface area contributed by atoms with Crippen LogP contribution in [0, 0.1) is 30.4 Å². The van der Waals surface area contributed by atoms with Crippen molar-refractivity contribution in [1.29, 1.82) is 0 Å². The molecule has 126 valence electrons. The summed E-state index contributed by atoms with van der Waals surface area (Å²) in [5, 5.41) is 4.78. The zero-order valence-corrected chi connectivity index (χ0v) is 16.4. The fourth-order valence-corrected chi connectivity index (χ4v) is 1.53. The van der Waals surface area contributed by atoms with Crippen LogP contribution in [0.1, 0.15) is 13.8 Å². The first-order chi connectivity index (χ1) is 10.0. The van der Waals surface area contributed by atoms with Crippen molar-refractivity contribution in [2.24, 2.45) is 0 Å². The summed E-state index contributed by atoms with van der Waals surface area (Å²) >= 11 is 2.41. The van der Waals surface area contributed by atoms with Gasteiger partial charge in [-0.25, -0.2) is 17.6 Å². The Labute approximate surface area is 152 Å². The lowest BCUT2D eigenvalue weighted by Gasteiger charge is -2.02. The molecule has 1 rings (SSSR count). The van der Waals surface area contributed by atoms with Crippen LogP contribution in [0.3, 0.4) is 0 Å². The van der Waals surface area contributed by atoms with Crippen molar-refractivity contribution in [3.8, 4) is 0 Å². The Balaban J connectivity index is 0. The average molecular weight is 548 g/mol. The predicted molar refractivity (Wildman–Crippen MR) is 91.2 cm³/mol. The van der Waals surface area contributed by atoms with Gasteiger partial charge < -0.3 is 10.6 Å². The third-order valence-corrected chi connectivity index (χ3v) is 3.75. The van der Waals surface area contributed by atoms with Gasteiger partial charge in [-0.05, 0) is 45.2 Å². The van der Waals surface area contributed by atoms with Crippen molar-refractivity contribution in [3.63, 3.8) is 0 Å². The summed E-state index contributed by atoms with van der Waals surface area (Å²) in [7, 11) is 3.20. The highest BCUT2D eigenvalue weighted by molar-refractivity contribution is 14.1. The standard InChI is InChI=1S/C6F4I2.2C3H7NO/c7-1-2(8)6(12)4(10)3(9)5(1)11;2*1-3(5)4-2/h;2*1-2H3,(H,4,5). The molecule has 2 N–H and O–H groups in total. The Hall–Kier alpha value is -0.660. The Morgan fingerprint density at radius 2 is 0.864 bits per heavy atom. The van der Waals surface area contributed by atoms with Crippen molar-refractivity contribution in [2.45, 2.75) is 13.8 Å². The second kappa shape index (κ2) is 11.8. The Morgan fingerprint density at radius 3 is 0.955 bits per heavy atom. The summed E-state index contributed by atoms with van der Waals surface area (Å²) in [6.07, 6.45) is 0. The number of hydrogen-bond donors (Lipinski definition) is 2. The first-order valence-corrected chi connectivity index (χ1v) is 7.70. The monoisotopic (exact) mass is 548 g/mol. The van der Waals surface area contributed by atoms with E-state index < -0.39 is 30.4 Å². The maximum atomic E-state index is 12.6. The number of carbonyl (C=O) groups is 2. The number of benzene rings is 1. The van der Waals surface area contributed by atoms with Crippen LogP contribution in [0.15, 0.2) is 0 Å². The third kappa shape index (κ3) is 8.70. The average Bonchev–Trinajstić information content (AvgIpc) is 2.50. The lowest BCUT2D eigenvalue weighted by atomic mass is 10.3. The molecule has 2 amide bonds. The van der Waals surface area contributed by atoms with Crippen LogP contribution in [-0.2, 0) is 9.59 Å². The van der Waals surface area contributed by atoms with E-state index in [0.29, 0.717) is 0 Å². The molecule has 0 saturated carbocycles. The Kier molecular flexibility index (Phi) is 12.7. The van der Waals surface area contributed by atoms with Crippen molar-refractivity contribution in [3.05, 3.63) is 30.4 Å². The number of nitrogens with one attached hydrogen (secondary N) is 2. The normalized spacial score (nSPS) is 8.82. The molecule has 1 aromatic carbocycles. The Morgan fingerprint density at radius 1 is 0.727 bits per heavy atom. The number of carbonyl (C=O) groups excluding carboxylic acids is 2. The molecule has 0 saturated heterocycles. The topological polar surface area (TPSA) is 58.2 Å². The lowest BCUT2D eigenvalue weighted by molar-refractivity contribution is -0.119. The Bertz CT molecular complexity index is 423. The molecule has 0 aliphatic rings. The van der Waals surface area contributed by atoms with Crippen LogP contribution in [0.5, 0.6) is 0 Å². The van der Waals surface area contributed by atoms with Gasteiger partial charge in [0.2, 0.25) is 11.8 Å². The van der Waals surface area contributed by atoms with Crippen LogP contribution in [0.4, 0.5) is 17.6 Å². The van der Waals surface area contributed by atoms with Crippen molar-refractivity contribution >= 4 is 57.0 Å². The second-order valence-corrected chi connectivity index (χ2v) is 5.65. The predicted octanol–water partition coefficient (Wildman–Crippen LogP) is 2.96. The van der Waals surface area contributed by atoms with Crippen molar-refractivity contribution in [2.75, 3.05) is 14.1 Å². The van der Waals surface area contributed by atoms with Gasteiger partial charge in [0.15, 0.2) is 23.3 Å². The zero-order chi connectivity index (χ0) is 18.0. The fraction of sp³-hybridized carbons (Fsp3) is 0.333. The van der Waals surface area contributed by atoms with E-state index >= 15 is 0 Å². The van der Waals surface area contributed by atoms with Crippen LogP contribution >= 0.6 is 45.2 Å². The molecule has 0 aliphatic heterocycles. The molecule has 0 aliphatic carbocycles.